The number of rotatable bonds is 4. The number of carbonyl (C=O) groups excluding carboxylic acids is 1. The summed E-state index contributed by atoms with van der Waals surface area (Å²) in [6.07, 6.45) is 0.984. The van der Waals surface area contributed by atoms with E-state index in [4.69, 9.17) is 0 Å². The van der Waals surface area contributed by atoms with Crippen molar-refractivity contribution in [2.45, 2.75) is 26.3 Å². The lowest BCUT2D eigenvalue weighted by Gasteiger charge is -2.24. The predicted octanol–water partition coefficient (Wildman–Crippen LogP) is 1.78. The van der Waals surface area contributed by atoms with Crippen molar-refractivity contribution in [1.82, 2.24) is 4.90 Å². The van der Waals surface area contributed by atoms with Crippen molar-refractivity contribution in [3.8, 4) is 0 Å². The summed E-state index contributed by atoms with van der Waals surface area (Å²) in [7, 11) is 0. The highest BCUT2D eigenvalue weighted by Crippen LogP contribution is 2.23. The van der Waals surface area contributed by atoms with Gasteiger partial charge in [0.05, 0.1) is 13.2 Å². The number of nitrogens with zero attached hydrogens (tertiary/aromatic N) is 1. The number of anilines is 1. The van der Waals surface area contributed by atoms with Gasteiger partial charge in [-0.05, 0) is 43.5 Å². The fraction of sp³-hybridized carbons (Fsp3) is 0.533. The summed E-state index contributed by atoms with van der Waals surface area (Å²) in [6, 6.07) is 4.69. The third kappa shape index (κ3) is 3.35. The van der Waals surface area contributed by atoms with E-state index in [2.05, 4.69) is 12.2 Å². The van der Waals surface area contributed by atoms with Crippen molar-refractivity contribution >= 4 is 11.6 Å². The van der Waals surface area contributed by atoms with Gasteiger partial charge in [-0.2, -0.15) is 0 Å². The molecule has 0 aliphatic carbocycles. The molecular weight excluding hydrogens is 259 g/mol. The van der Waals surface area contributed by atoms with E-state index in [0.717, 1.165) is 13.0 Å². The number of amides is 1. The molecule has 1 aliphatic heterocycles. The highest BCUT2D eigenvalue weighted by atomic mass is 19.1. The smallest absolute Gasteiger partial charge is 0.238 e. The van der Waals surface area contributed by atoms with E-state index in [-0.39, 0.29) is 30.9 Å². The number of hydrogen-bond donors (Lipinski definition) is 2. The minimum atomic E-state index is -0.328. The third-order valence-electron chi connectivity index (χ3n) is 3.99. The Labute approximate surface area is 118 Å². The molecule has 0 saturated carbocycles. The second-order valence-electron chi connectivity index (χ2n) is 5.50. The summed E-state index contributed by atoms with van der Waals surface area (Å²) in [4.78, 5) is 14.0. The fourth-order valence-electron chi connectivity index (χ4n) is 2.63. The van der Waals surface area contributed by atoms with Crippen LogP contribution in [-0.4, -0.2) is 41.7 Å². The summed E-state index contributed by atoms with van der Waals surface area (Å²) in [5.41, 5.74) is 1.02. The average Bonchev–Trinajstić information content (AvgIpc) is 2.74. The number of aliphatic hydroxyl groups is 1. The van der Waals surface area contributed by atoms with Crippen LogP contribution in [0.4, 0.5) is 10.1 Å². The predicted molar refractivity (Wildman–Crippen MR) is 76.0 cm³/mol. The molecule has 2 N–H and O–H groups in total. The van der Waals surface area contributed by atoms with Gasteiger partial charge in [0.1, 0.15) is 5.82 Å². The Morgan fingerprint density at radius 3 is 2.95 bits per heavy atom. The van der Waals surface area contributed by atoms with Gasteiger partial charge in [0.15, 0.2) is 0 Å². The van der Waals surface area contributed by atoms with Gasteiger partial charge in [-0.25, -0.2) is 4.39 Å². The molecule has 20 heavy (non-hydrogen) atoms. The van der Waals surface area contributed by atoms with Crippen LogP contribution >= 0.6 is 0 Å². The Hall–Kier alpha value is -1.46. The van der Waals surface area contributed by atoms with Gasteiger partial charge in [-0.15, -0.1) is 0 Å². The van der Waals surface area contributed by atoms with Crippen molar-refractivity contribution in [3.05, 3.63) is 29.6 Å². The molecular formula is C15H21FN2O2. The first-order valence-corrected chi connectivity index (χ1v) is 6.92. The number of aliphatic hydroxyl groups excluding tert-OH is 1. The molecule has 1 fully saturated rings. The highest BCUT2D eigenvalue weighted by Gasteiger charge is 2.31. The van der Waals surface area contributed by atoms with Gasteiger partial charge < -0.3 is 10.4 Å². The zero-order valence-corrected chi connectivity index (χ0v) is 11.9. The number of likely N-dealkylation sites (tertiary alicyclic amines) is 1. The Bertz CT molecular complexity index is 493. The average molecular weight is 280 g/mol. The molecule has 110 valence electrons. The molecule has 0 bridgehead atoms. The van der Waals surface area contributed by atoms with E-state index < -0.39 is 0 Å². The number of hydrogen-bond acceptors (Lipinski definition) is 3. The van der Waals surface area contributed by atoms with Crippen molar-refractivity contribution in [1.29, 1.82) is 0 Å². The van der Waals surface area contributed by atoms with Gasteiger partial charge >= 0.3 is 0 Å². The molecule has 0 spiro atoms. The van der Waals surface area contributed by atoms with Crippen LogP contribution in [0.1, 0.15) is 18.9 Å². The summed E-state index contributed by atoms with van der Waals surface area (Å²) < 4.78 is 13.4. The molecule has 2 atom stereocenters. The monoisotopic (exact) mass is 280 g/mol. The Balaban J connectivity index is 1.94. The summed E-state index contributed by atoms with van der Waals surface area (Å²) >= 11 is 0. The second-order valence-corrected chi connectivity index (χ2v) is 5.50. The number of carbonyl (C=O) groups is 1. The lowest BCUT2D eigenvalue weighted by atomic mass is 10.0. The van der Waals surface area contributed by atoms with E-state index in [1.165, 1.54) is 6.07 Å². The first-order valence-electron chi connectivity index (χ1n) is 6.92. The molecule has 0 radical (unpaired) electrons. The standard InChI is InChI=1S/C15H21FN2O2/c1-10-3-4-12(7-13(10)16)17-15(20)8-18-6-5-11(2)14(18)9-19/h3-4,7,11,14,19H,5-6,8-9H2,1-2H3,(H,17,20). The zero-order chi connectivity index (χ0) is 14.7. The van der Waals surface area contributed by atoms with Crippen LogP contribution < -0.4 is 5.32 Å². The normalized spacial score (nSPS) is 23.0. The molecule has 4 nitrogen and oxygen atoms in total. The van der Waals surface area contributed by atoms with E-state index in [1.807, 2.05) is 4.90 Å². The van der Waals surface area contributed by atoms with Crippen molar-refractivity contribution < 1.29 is 14.3 Å². The zero-order valence-electron chi connectivity index (χ0n) is 11.9. The van der Waals surface area contributed by atoms with Crippen LogP contribution in [0.25, 0.3) is 0 Å². The quantitative estimate of drug-likeness (QED) is 0.884. The first kappa shape index (κ1) is 14.9. The van der Waals surface area contributed by atoms with Crippen LogP contribution in [0.15, 0.2) is 18.2 Å². The topological polar surface area (TPSA) is 52.6 Å². The SMILES string of the molecule is Cc1ccc(NC(=O)CN2CCC(C)C2CO)cc1F. The second kappa shape index (κ2) is 6.33. The molecule has 0 aromatic heterocycles. The summed E-state index contributed by atoms with van der Waals surface area (Å²) in [5.74, 6) is -0.115. The van der Waals surface area contributed by atoms with Gasteiger partial charge in [0.2, 0.25) is 5.91 Å². The largest absolute Gasteiger partial charge is 0.395 e. The number of aryl methyl sites for hydroxylation is 1. The maximum Gasteiger partial charge on any atom is 0.238 e. The van der Waals surface area contributed by atoms with Crippen LogP contribution in [0.3, 0.4) is 0 Å². The van der Waals surface area contributed by atoms with Crippen molar-refractivity contribution in [2.75, 3.05) is 25.0 Å². The lowest BCUT2D eigenvalue weighted by Crippen LogP contribution is -2.40. The fourth-order valence-corrected chi connectivity index (χ4v) is 2.63. The molecule has 1 aromatic carbocycles. The molecule has 1 aliphatic rings. The minimum absolute atomic E-state index is 0.0375. The first-order chi connectivity index (χ1) is 9.51. The van der Waals surface area contributed by atoms with E-state index >= 15 is 0 Å². The Morgan fingerprint density at radius 2 is 2.30 bits per heavy atom. The van der Waals surface area contributed by atoms with Crippen LogP contribution in [0.5, 0.6) is 0 Å². The maximum absolute atomic E-state index is 13.4. The highest BCUT2D eigenvalue weighted by molar-refractivity contribution is 5.92. The van der Waals surface area contributed by atoms with E-state index in [9.17, 15) is 14.3 Å². The summed E-state index contributed by atoms with van der Waals surface area (Å²) in [5, 5.41) is 12.0. The molecule has 2 unspecified atom stereocenters. The number of benzene rings is 1. The van der Waals surface area contributed by atoms with Gasteiger partial charge in [0.25, 0.3) is 0 Å². The Morgan fingerprint density at radius 1 is 1.55 bits per heavy atom. The molecule has 2 rings (SSSR count). The molecule has 1 aromatic rings. The lowest BCUT2D eigenvalue weighted by molar-refractivity contribution is -0.117. The van der Waals surface area contributed by atoms with Gasteiger partial charge in [-0.1, -0.05) is 13.0 Å². The molecule has 5 heteroatoms. The van der Waals surface area contributed by atoms with E-state index in [1.54, 1.807) is 19.1 Å². The maximum atomic E-state index is 13.4. The van der Waals surface area contributed by atoms with Crippen LogP contribution in [-0.2, 0) is 4.79 Å². The van der Waals surface area contributed by atoms with Crippen LogP contribution in [0.2, 0.25) is 0 Å². The summed E-state index contributed by atoms with van der Waals surface area (Å²) in [6.45, 7) is 4.85. The number of nitrogens with one attached hydrogen (secondary N) is 1. The molecule has 1 saturated heterocycles. The Kier molecular flexibility index (Phi) is 4.73. The van der Waals surface area contributed by atoms with Crippen molar-refractivity contribution in [3.63, 3.8) is 0 Å². The van der Waals surface area contributed by atoms with Crippen LogP contribution in [0, 0.1) is 18.7 Å². The molecule has 1 heterocycles. The van der Waals surface area contributed by atoms with Crippen molar-refractivity contribution in [2.24, 2.45) is 5.92 Å². The number of halogens is 1. The van der Waals surface area contributed by atoms with Gasteiger partial charge in [0, 0.05) is 11.7 Å². The van der Waals surface area contributed by atoms with E-state index in [0.29, 0.717) is 17.2 Å². The van der Waals surface area contributed by atoms with Gasteiger partial charge in [-0.3, -0.25) is 9.69 Å². The third-order valence-corrected chi connectivity index (χ3v) is 3.99. The molecule has 1 amide bonds. The minimum Gasteiger partial charge on any atom is -0.395 e.